The molecule has 2 rings (SSSR count). The molecule has 1 aliphatic heterocycles. The number of nitrogens with one attached hydrogen (secondary N) is 1. The summed E-state index contributed by atoms with van der Waals surface area (Å²) in [5.74, 6) is 0.849. The monoisotopic (exact) mass is 235 g/mol. The van der Waals surface area contributed by atoms with Gasteiger partial charge in [0.05, 0.1) is 12.1 Å². The number of ketones is 1. The van der Waals surface area contributed by atoms with Gasteiger partial charge in [0.1, 0.15) is 5.78 Å². The fraction of sp³-hybridized carbons (Fsp3) is 0.692. The van der Waals surface area contributed by atoms with Gasteiger partial charge >= 0.3 is 0 Å². The van der Waals surface area contributed by atoms with Gasteiger partial charge in [-0.3, -0.25) is 9.48 Å². The first-order valence-electron chi connectivity index (χ1n) is 6.41. The van der Waals surface area contributed by atoms with Gasteiger partial charge in [-0.2, -0.15) is 5.10 Å². The summed E-state index contributed by atoms with van der Waals surface area (Å²) in [5.41, 5.74) is 0.898. The van der Waals surface area contributed by atoms with Gasteiger partial charge in [-0.1, -0.05) is 0 Å². The zero-order chi connectivity index (χ0) is 12.3. The molecule has 4 heteroatoms. The lowest BCUT2D eigenvalue weighted by molar-refractivity contribution is -0.119. The standard InChI is InChI=1S/C13H21N3O/c1-10(2)16-6-4-12(15-16)8-13(17)7-11-3-5-14-9-11/h4,6,10-11,14H,3,5,7-9H2,1-2H3. The summed E-state index contributed by atoms with van der Waals surface area (Å²) < 4.78 is 1.90. The molecule has 17 heavy (non-hydrogen) atoms. The minimum absolute atomic E-state index is 0.313. The van der Waals surface area contributed by atoms with E-state index in [1.807, 2.05) is 16.9 Å². The van der Waals surface area contributed by atoms with Crippen molar-refractivity contribution in [1.29, 1.82) is 0 Å². The van der Waals surface area contributed by atoms with Gasteiger partial charge in [0, 0.05) is 18.7 Å². The molecule has 0 spiro atoms. The predicted octanol–water partition coefficient (Wildman–Crippen LogP) is 1.58. The summed E-state index contributed by atoms with van der Waals surface area (Å²) in [6, 6.07) is 2.31. The Balaban J connectivity index is 1.84. The first-order valence-corrected chi connectivity index (χ1v) is 6.41. The number of rotatable bonds is 5. The lowest BCUT2D eigenvalue weighted by Crippen LogP contribution is -2.14. The van der Waals surface area contributed by atoms with Crippen LogP contribution in [0.25, 0.3) is 0 Å². The van der Waals surface area contributed by atoms with E-state index in [9.17, 15) is 4.79 Å². The fourth-order valence-electron chi connectivity index (χ4n) is 2.24. The van der Waals surface area contributed by atoms with Crippen molar-refractivity contribution >= 4 is 5.78 Å². The molecule has 1 saturated heterocycles. The van der Waals surface area contributed by atoms with Crippen molar-refractivity contribution in [3.63, 3.8) is 0 Å². The number of hydrogen-bond acceptors (Lipinski definition) is 3. The third-order valence-corrected chi connectivity index (χ3v) is 3.25. The smallest absolute Gasteiger partial charge is 0.139 e. The molecule has 0 bridgehead atoms. The molecule has 94 valence electrons. The molecule has 4 nitrogen and oxygen atoms in total. The highest BCUT2D eigenvalue weighted by atomic mass is 16.1. The Labute approximate surface area is 102 Å². The topological polar surface area (TPSA) is 46.9 Å². The summed E-state index contributed by atoms with van der Waals surface area (Å²) in [5, 5.41) is 7.69. The van der Waals surface area contributed by atoms with Gasteiger partial charge in [-0.15, -0.1) is 0 Å². The van der Waals surface area contributed by atoms with Gasteiger partial charge in [0.15, 0.2) is 0 Å². The van der Waals surface area contributed by atoms with Crippen LogP contribution in [-0.4, -0.2) is 28.7 Å². The maximum atomic E-state index is 11.9. The van der Waals surface area contributed by atoms with E-state index in [0.29, 0.717) is 30.6 Å². The van der Waals surface area contributed by atoms with Gasteiger partial charge in [-0.05, 0) is 45.3 Å². The van der Waals surface area contributed by atoms with E-state index in [1.54, 1.807) is 0 Å². The van der Waals surface area contributed by atoms with E-state index in [0.717, 1.165) is 25.2 Å². The van der Waals surface area contributed by atoms with E-state index in [2.05, 4.69) is 24.3 Å². The Morgan fingerprint density at radius 2 is 2.47 bits per heavy atom. The van der Waals surface area contributed by atoms with Crippen molar-refractivity contribution in [2.45, 2.75) is 39.2 Å². The van der Waals surface area contributed by atoms with Crippen LogP contribution >= 0.6 is 0 Å². The average Bonchev–Trinajstić information content (AvgIpc) is 2.88. The van der Waals surface area contributed by atoms with Crippen molar-refractivity contribution in [1.82, 2.24) is 15.1 Å². The van der Waals surface area contributed by atoms with Crippen LogP contribution in [0, 0.1) is 5.92 Å². The molecule has 1 aromatic heterocycles. The summed E-state index contributed by atoms with van der Waals surface area (Å²) in [4.78, 5) is 11.9. The maximum absolute atomic E-state index is 11.9. The minimum atomic E-state index is 0.313. The van der Waals surface area contributed by atoms with Crippen molar-refractivity contribution in [2.24, 2.45) is 5.92 Å². The first-order chi connectivity index (χ1) is 8.15. The van der Waals surface area contributed by atoms with Crippen LogP contribution in [0.3, 0.4) is 0 Å². The average molecular weight is 235 g/mol. The minimum Gasteiger partial charge on any atom is -0.316 e. The van der Waals surface area contributed by atoms with Crippen molar-refractivity contribution in [3.8, 4) is 0 Å². The third kappa shape index (κ3) is 3.40. The van der Waals surface area contributed by atoms with Crippen LogP contribution in [0.5, 0.6) is 0 Å². The number of carbonyl (C=O) groups is 1. The molecular weight excluding hydrogens is 214 g/mol. The van der Waals surface area contributed by atoms with Crippen LogP contribution in [0.15, 0.2) is 12.3 Å². The second-order valence-electron chi connectivity index (χ2n) is 5.16. The Hall–Kier alpha value is -1.16. The first kappa shape index (κ1) is 12.3. The van der Waals surface area contributed by atoms with Gasteiger partial charge in [0.2, 0.25) is 0 Å². The van der Waals surface area contributed by atoms with Gasteiger partial charge in [-0.25, -0.2) is 0 Å². The number of Topliss-reactive ketones (excluding diaryl/α,β-unsaturated/α-hetero) is 1. The largest absolute Gasteiger partial charge is 0.316 e. The fourth-order valence-corrected chi connectivity index (χ4v) is 2.24. The van der Waals surface area contributed by atoms with E-state index in [4.69, 9.17) is 0 Å². The number of carbonyl (C=O) groups excluding carboxylic acids is 1. The van der Waals surface area contributed by atoms with Gasteiger partial charge < -0.3 is 5.32 Å². The molecule has 0 radical (unpaired) electrons. The van der Waals surface area contributed by atoms with Crippen molar-refractivity contribution in [2.75, 3.05) is 13.1 Å². The molecule has 0 aliphatic carbocycles. The Morgan fingerprint density at radius 1 is 1.65 bits per heavy atom. The summed E-state index contributed by atoms with van der Waals surface area (Å²) in [6.45, 7) is 6.22. The zero-order valence-corrected chi connectivity index (χ0v) is 10.6. The highest BCUT2D eigenvalue weighted by Gasteiger charge is 2.18. The normalized spacial score (nSPS) is 20.1. The van der Waals surface area contributed by atoms with E-state index < -0.39 is 0 Å². The highest BCUT2D eigenvalue weighted by Crippen LogP contribution is 2.14. The molecule has 0 amide bonds. The Bertz CT molecular complexity index is 378. The van der Waals surface area contributed by atoms with Crippen LogP contribution in [-0.2, 0) is 11.2 Å². The molecule has 1 atom stereocenters. The SMILES string of the molecule is CC(C)n1ccc(CC(=O)CC2CCNC2)n1. The molecule has 0 aromatic carbocycles. The lowest BCUT2D eigenvalue weighted by Gasteiger charge is -2.06. The maximum Gasteiger partial charge on any atom is 0.139 e. The quantitative estimate of drug-likeness (QED) is 0.842. The number of aromatic nitrogens is 2. The van der Waals surface area contributed by atoms with Crippen LogP contribution in [0.2, 0.25) is 0 Å². The second-order valence-corrected chi connectivity index (χ2v) is 5.16. The van der Waals surface area contributed by atoms with E-state index in [1.165, 1.54) is 0 Å². The predicted molar refractivity (Wildman–Crippen MR) is 66.9 cm³/mol. The van der Waals surface area contributed by atoms with Crippen LogP contribution in [0.4, 0.5) is 0 Å². The van der Waals surface area contributed by atoms with Crippen LogP contribution < -0.4 is 5.32 Å². The molecule has 0 saturated carbocycles. The molecule has 1 aliphatic rings. The molecule has 1 unspecified atom stereocenters. The lowest BCUT2D eigenvalue weighted by atomic mass is 10.00. The molecule has 1 fully saturated rings. The molecule has 2 heterocycles. The van der Waals surface area contributed by atoms with Crippen molar-refractivity contribution in [3.05, 3.63) is 18.0 Å². The highest BCUT2D eigenvalue weighted by molar-refractivity contribution is 5.80. The summed E-state index contributed by atoms with van der Waals surface area (Å²) >= 11 is 0. The zero-order valence-electron chi connectivity index (χ0n) is 10.6. The van der Waals surface area contributed by atoms with Crippen LogP contribution in [0.1, 0.15) is 38.4 Å². The molecule has 1 N–H and O–H groups in total. The second kappa shape index (κ2) is 5.45. The summed E-state index contributed by atoms with van der Waals surface area (Å²) in [6.07, 6.45) is 4.26. The molecule has 1 aromatic rings. The third-order valence-electron chi connectivity index (χ3n) is 3.25. The van der Waals surface area contributed by atoms with Crippen molar-refractivity contribution < 1.29 is 4.79 Å². The van der Waals surface area contributed by atoms with E-state index >= 15 is 0 Å². The van der Waals surface area contributed by atoms with Gasteiger partial charge in [0.25, 0.3) is 0 Å². The molecular formula is C13H21N3O. The number of hydrogen-bond donors (Lipinski definition) is 1. The Kier molecular flexibility index (Phi) is 3.94. The summed E-state index contributed by atoms with van der Waals surface area (Å²) in [7, 11) is 0. The van der Waals surface area contributed by atoms with E-state index in [-0.39, 0.29) is 0 Å². The Morgan fingerprint density at radius 3 is 3.06 bits per heavy atom. The number of nitrogens with zero attached hydrogens (tertiary/aromatic N) is 2.